The molecule has 2 amide bonds. The van der Waals surface area contributed by atoms with E-state index < -0.39 is 0 Å². The van der Waals surface area contributed by atoms with Crippen molar-refractivity contribution >= 4 is 11.8 Å². The molecule has 154 valence electrons. The number of hydrogen-bond donors (Lipinski definition) is 0. The van der Waals surface area contributed by atoms with Gasteiger partial charge in [-0.3, -0.25) is 9.59 Å². The van der Waals surface area contributed by atoms with E-state index in [9.17, 15) is 9.59 Å². The lowest BCUT2D eigenvalue weighted by atomic mass is 9.71. The van der Waals surface area contributed by atoms with Crippen LogP contribution in [0.3, 0.4) is 0 Å². The molecule has 0 aliphatic carbocycles. The second kappa shape index (κ2) is 8.34. The van der Waals surface area contributed by atoms with Crippen LogP contribution in [0.25, 0.3) is 0 Å². The van der Waals surface area contributed by atoms with Gasteiger partial charge in [0.1, 0.15) is 5.56 Å². The van der Waals surface area contributed by atoms with Crippen LogP contribution in [-0.2, 0) is 9.53 Å². The average Bonchev–Trinajstić information content (AvgIpc) is 3.06. The van der Waals surface area contributed by atoms with Gasteiger partial charge >= 0.3 is 0 Å². The van der Waals surface area contributed by atoms with E-state index in [1.165, 1.54) is 14.2 Å². The maximum Gasteiger partial charge on any atom is 0.259 e. The van der Waals surface area contributed by atoms with E-state index in [0.29, 0.717) is 37.1 Å². The predicted octanol–water partition coefficient (Wildman–Crippen LogP) is 1.45. The van der Waals surface area contributed by atoms with Gasteiger partial charge in [0.2, 0.25) is 17.7 Å². The molecule has 2 saturated heterocycles. The Hall–Kier alpha value is -2.35. The minimum atomic E-state index is -0.0911. The summed E-state index contributed by atoms with van der Waals surface area (Å²) >= 11 is 0. The molecule has 0 aromatic carbocycles. The van der Waals surface area contributed by atoms with E-state index >= 15 is 0 Å². The molecule has 0 bridgehead atoms. The lowest BCUT2D eigenvalue weighted by Gasteiger charge is -2.42. The number of hydrogen-bond acceptors (Lipinski definition) is 6. The summed E-state index contributed by atoms with van der Waals surface area (Å²) in [5.41, 5.74) is 0.449. The van der Waals surface area contributed by atoms with E-state index in [-0.39, 0.29) is 23.1 Å². The minimum absolute atomic E-state index is 0.0146. The summed E-state index contributed by atoms with van der Waals surface area (Å²) < 4.78 is 15.8. The quantitative estimate of drug-likeness (QED) is 0.756. The smallest absolute Gasteiger partial charge is 0.259 e. The average molecular weight is 391 g/mol. The molecule has 1 atom stereocenters. The van der Waals surface area contributed by atoms with E-state index in [1.807, 2.05) is 9.80 Å². The van der Waals surface area contributed by atoms with E-state index in [1.54, 1.807) is 26.2 Å². The van der Waals surface area contributed by atoms with Crippen molar-refractivity contribution in [1.29, 1.82) is 0 Å². The number of carbonyl (C=O) groups excluding carboxylic acids is 2. The standard InChI is InChI=1S/C20H29N3O5/c1-14(24)23-11-15(12-26-2)20(13-23)7-9-22(10-8-20)19(25)16-5-6-17(27-3)21-18(16)28-4/h5-6,15H,7-13H2,1-4H3. The number of likely N-dealkylation sites (tertiary alicyclic amines) is 2. The molecular weight excluding hydrogens is 362 g/mol. The van der Waals surface area contributed by atoms with Crippen LogP contribution in [0.5, 0.6) is 11.8 Å². The Morgan fingerprint density at radius 2 is 1.86 bits per heavy atom. The molecule has 0 radical (unpaired) electrons. The van der Waals surface area contributed by atoms with Crippen LogP contribution in [-0.4, -0.2) is 80.7 Å². The summed E-state index contributed by atoms with van der Waals surface area (Å²) in [6, 6.07) is 3.36. The third-order valence-electron chi connectivity index (χ3n) is 6.14. The molecule has 1 unspecified atom stereocenters. The Balaban J connectivity index is 1.72. The van der Waals surface area contributed by atoms with Gasteiger partial charge < -0.3 is 24.0 Å². The van der Waals surface area contributed by atoms with E-state index in [2.05, 4.69) is 4.98 Å². The predicted molar refractivity (Wildman–Crippen MR) is 103 cm³/mol. The molecule has 2 aliphatic rings. The van der Waals surface area contributed by atoms with E-state index in [4.69, 9.17) is 14.2 Å². The highest BCUT2D eigenvalue weighted by atomic mass is 16.5. The number of aromatic nitrogens is 1. The van der Waals surface area contributed by atoms with Gasteiger partial charge in [0.05, 0.1) is 20.8 Å². The second-order valence-electron chi connectivity index (χ2n) is 7.62. The summed E-state index contributed by atoms with van der Waals surface area (Å²) in [7, 11) is 4.72. The van der Waals surface area contributed by atoms with Gasteiger partial charge in [-0.25, -0.2) is 0 Å². The number of nitrogens with zero attached hydrogens (tertiary/aromatic N) is 3. The van der Waals surface area contributed by atoms with Crippen LogP contribution < -0.4 is 9.47 Å². The molecule has 2 aliphatic heterocycles. The zero-order valence-corrected chi connectivity index (χ0v) is 17.1. The highest BCUT2D eigenvalue weighted by Gasteiger charge is 2.49. The van der Waals surface area contributed by atoms with Gasteiger partial charge in [-0.15, -0.1) is 0 Å². The number of amides is 2. The van der Waals surface area contributed by atoms with Gasteiger partial charge in [-0.1, -0.05) is 0 Å². The zero-order valence-electron chi connectivity index (χ0n) is 17.1. The molecule has 0 N–H and O–H groups in total. The van der Waals surface area contributed by atoms with E-state index in [0.717, 1.165) is 25.9 Å². The molecule has 1 spiro atoms. The summed E-state index contributed by atoms with van der Waals surface area (Å²) in [5.74, 6) is 0.988. The first kappa shape index (κ1) is 20.4. The molecule has 1 aromatic rings. The second-order valence-corrected chi connectivity index (χ2v) is 7.62. The zero-order chi connectivity index (χ0) is 20.3. The van der Waals surface area contributed by atoms with Crippen molar-refractivity contribution in [3.05, 3.63) is 17.7 Å². The molecule has 3 rings (SSSR count). The monoisotopic (exact) mass is 391 g/mol. The highest BCUT2D eigenvalue weighted by Crippen LogP contribution is 2.45. The molecule has 0 saturated carbocycles. The van der Waals surface area contributed by atoms with Crippen LogP contribution in [0.2, 0.25) is 0 Å². The first-order valence-electron chi connectivity index (χ1n) is 9.57. The maximum absolute atomic E-state index is 13.0. The first-order valence-corrected chi connectivity index (χ1v) is 9.57. The van der Waals surface area contributed by atoms with Crippen LogP contribution in [0.15, 0.2) is 12.1 Å². The van der Waals surface area contributed by atoms with Crippen LogP contribution in [0.4, 0.5) is 0 Å². The van der Waals surface area contributed by atoms with Crippen LogP contribution in [0, 0.1) is 11.3 Å². The van der Waals surface area contributed by atoms with Crippen molar-refractivity contribution in [2.45, 2.75) is 19.8 Å². The van der Waals surface area contributed by atoms with Gasteiger partial charge in [-0.05, 0) is 24.3 Å². The van der Waals surface area contributed by atoms with Crippen molar-refractivity contribution in [2.24, 2.45) is 11.3 Å². The van der Waals surface area contributed by atoms with Gasteiger partial charge in [0.25, 0.3) is 5.91 Å². The van der Waals surface area contributed by atoms with Gasteiger partial charge in [0.15, 0.2) is 0 Å². The van der Waals surface area contributed by atoms with Crippen molar-refractivity contribution in [1.82, 2.24) is 14.8 Å². The lowest BCUT2D eigenvalue weighted by Crippen LogP contribution is -2.47. The highest BCUT2D eigenvalue weighted by molar-refractivity contribution is 5.96. The fraction of sp³-hybridized carbons (Fsp3) is 0.650. The number of ether oxygens (including phenoxy) is 3. The summed E-state index contributed by atoms with van der Waals surface area (Å²) in [4.78, 5) is 32.9. The van der Waals surface area contributed by atoms with Crippen molar-refractivity contribution in [3.63, 3.8) is 0 Å². The van der Waals surface area contributed by atoms with Crippen LogP contribution in [0.1, 0.15) is 30.1 Å². The molecule has 28 heavy (non-hydrogen) atoms. The number of piperidine rings is 1. The third-order valence-corrected chi connectivity index (χ3v) is 6.14. The topological polar surface area (TPSA) is 81.2 Å². The largest absolute Gasteiger partial charge is 0.481 e. The minimum Gasteiger partial charge on any atom is -0.481 e. The van der Waals surface area contributed by atoms with Gasteiger partial charge in [-0.2, -0.15) is 4.98 Å². The molecule has 2 fully saturated rings. The Bertz CT molecular complexity index is 731. The molecular formula is C20H29N3O5. The number of carbonyl (C=O) groups is 2. The summed E-state index contributed by atoms with van der Waals surface area (Å²) in [6.07, 6.45) is 1.70. The Kier molecular flexibility index (Phi) is 6.07. The van der Waals surface area contributed by atoms with Crippen molar-refractivity contribution in [3.8, 4) is 11.8 Å². The fourth-order valence-electron chi connectivity index (χ4n) is 4.45. The lowest BCUT2D eigenvalue weighted by molar-refractivity contribution is -0.128. The number of methoxy groups -OCH3 is 3. The molecule has 8 nitrogen and oxygen atoms in total. The van der Waals surface area contributed by atoms with Crippen LogP contribution >= 0.6 is 0 Å². The maximum atomic E-state index is 13.0. The Morgan fingerprint density at radius 3 is 2.43 bits per heavy atom. The SMILES string of the molecule is COCC1CN(C(C)=O)CC12CCN(C(=O)c1ccc(OC)nc1OC)CC2. The molecule has 1 aromatic heterocycles. The summed E-state index contributed by atoms with van der Waals surface area (Å²) in [5, 5.41) is 0. The number of rotatable bonds is 5. The molecule has 8 heteroatoms. The van der Waals surface area contributed by atoms with Gasteiger partial charge in [0, 0.05) is 52.2 Å². The van der Waals surface area contributed by atoms with Crippen molar-refractivity contribution in [2.75, 3.05) is 54.1 Å². The normalized spacial score (nSPS) is 21.1. The first-order chi connectivity index (χ1) is 13.4. The summed E-state index contributed by atoms with van der Waals surface area (Å²) in [6.45, 7) is 5.00. The Morgan fingerprint density at radius 1 is 1.14 bits per heavy atom. The fourth-order valence-corrected chi connectivity index (χ4v) is 4.45. The molecule has 3 heterocycles. The third kappa shape index (κ3) is 3.78. The Labute approximate surface area is 165 Å². The number of pyridine rings is 1. The van der Waals surface area contributed by atoms with Crippen molar-refractivity contribution < 1.29 is 23.8 Å².